The van der Waals surface area contributed by atoms with Crippen molar-refractivity contribution in [2.45, 2.75) is 6.10 Å². The third-order valence-corrected chi connectivity index (χ3v) is 3.27. The predicted octanol–water partition coefficient (Wildman–Crippen LogP) is 3.54. The van der Waals surface area contributed by atoms with Crippen LogP contribution in [0, 0.1) is 0 Å². The van der Waals surface area contributed by atoms with Gasteiger partial charge in [0, 0.05) is 11.0 Å². The molecule has 0 aromatic heterocycles. The van der Waals surface area contributed by atoms with Crippen LogP contribution in [0.4, 0.5) is 0 Å². The minimum absolute atomic E-state index is 0.200. The van der Waals surface area contributed by atoms with Gasteiger partial charge in [-0.1, -0.05) is 40.2 Å². The summed E-state index contributed by atoms with van der Waals surface area (Å²) < 4.78 is 12.2. The van der Waals surface area contributed by atoms with Gasteiger partial charge < -0.3 is 15.2 Å². The van der Waals surface area contributed by atoms with Crippen LogP contribution >= 0.6 is 15.9 Å². The fraction of sp³-hybridized carbons (Fsp3) is 0.200. The average molecular weight is 322 g/mol. The zero-order chi connectivity index (χ0) is 13.7. The largest absolute Gasteiger partial charge is 0.493 e. The first kappa shape index (κ1) is 13.9. The van der Waals surface area contributed by atoms with Gasteiger partial charge in [0.25, 0.3) is 0 Å². The normalized spacial score (nSPS) is 11.9. The van der Waals surface area contributed by atoms with E-state index in [0.717, 1.165) is 10.0 Å². The molecule has 2 rings (SSSR count). The molecule has 0 saturated carbocycles. The SMILES string of the molecule is COc1ccccc1OC(CN)c1cccc(Br)c1. The Bertz CT molecular complexity index is 545. The summed E-state index contributed by atoms with van der Waals surface area (Å²) in [5.41, 5.74) is 6.84. The molecule has 0 fully saturated rings. The van der Waals surface area contributed by atoms with Crippen molar-refractivity contribution >= 4 is 15.9 Å². The topological polar surface area (TPSA) is 44.5 Å². The van der Waals surface area contributed by atoms with Crippen LogP contribution in [0.15, 0.2) is 53.0 Å². The summed E-state index contributed by atoms with van der Waals surface area (Å²) in [6, 6.07) is 15.5. The van der Waals surface area contributed by atoms with Gasteiger partial charge >= 0.3 is 0 Å². The standard InChI is InChI=1S/C15H16BrNO2/c1-18-13-7-2-3-8-14(13)19-15(10-17)11-5-4-6-12(16)9-11/h2-9,15H,10,17H2,1H3. The van der Waals surface area contributed by atoms with Crippen molar-refractivity contribution in [2.75, 3.05) is 13.7 Å². The highest BCUT2D eigenvalue weighted by Crippen LogP contribution is 2.30. The van der Waals surface area contributed by atoms with E-state index in [0.29, 0.717) is 18.0 Å². The monoisotopic (exact) mass is 321 g/mol. The van der Waals surface area contributed by atoms with Gasteiger partial charge in [-0.3, -0.25) is 0 Å². The maximum absolute atomic E-state index is 5.96. The number of benzene rings is 2. The first-order chi connectivity index (χ1) is 9.24. The molecule has 0 aliphatic carbocycles. The highest BCUT2D eigenvalue weighted by atomic mass is 79.9. The molecule has 2 aromatic carbocycles. The van der Waals surface area contributed by atoms with Crippen LogP contribution < -0.4 is 15.2 Å². The van der Waals surface area contributed by atoms with Crippen molar-refractivity contribution in [2.24, 2.45) is 5.73 Å². The molecule has 1 atom stereocenters. The Labute approximate surface area is 121 Å². The van der Waals surface area contributed by atoms with E-state index in [9.17, 15) is 0 Å². The van der Waals surface area contributed by atoms with E-state index < -0.39 is 0 Å². The number of methoxy groups -OCH3 is 1. The van der Waals surface area contributed by atoms with Crippen LogP contribution in [-0.2, 0) is 0 Å². The Morgan fingerprint density at radius 3 is 2.47 bits per heavy atom. The fourth-order valence-electron chi connectivity index (χ4n) is 1.83. The molecule has 4 heteroatoms. The summed E-state index contributed by atoms with van der Waals surface area (Å²) in [7, 11) is 1.62. The first-order valence-electron chi connectivity index (χ1n) is 6.00. The Kier molecular flexibility index (Phi) is 4.82. The highest BCUT2D eigenvalue weighted by Gasteiger charge is 2.14. The number of para-hydroxylation sites is 2. The van der Waals surface area contributed by atoms with E-state index in [-0.39, 0.29) is 6.10 Å². The van der Waals surface area contributed by atoms with Gasteiger partial charge in [0.1, 0.15) is 6.10 Å². The number of rotatable bonds is 5. The van der Waals surface area contributed by atoms with E-state index in [1.807, 2.05) is 48.5 Å². The van der Waals surface area contributed by atoms with Gasteiger partial charge in [0.2, 0.25) is 0 Å². The molecule has 0 aliphatic rings. The molecule has 0 heterocycles. The molecule has 0 amide bonds. The summed E-state index contributed by atoms with van der Waals surface area (Å²) in [6.07, 6.45) is -0.200. The molecule has 100 valence electrons. The van der Waals surface area contributed by atoms with Gasteiger partial charge in [-0.25, -0.2) is 0 Å². The van der Waals surface area contributed by atoms with Crippen molar-refractivity contribution in [1.82, 2.24) is 0 Å². The summed E-state index contributed by atoms with van der Waals surface area (Å²) >= 11 is 3.45. The van der Waals surface area contributed by atoms with E-state index in [1.54, 1.807) is 7.11 Å². The summed E-state index contributed by atoms with van der Waals surface area (Å²) in [4.78, 5) is 0. The maximum atomic E-state index is 5.96. The summed E-state index contributed by atoms with van der Waals surface area (Å²) in [6.45, 7) is 0.397. The van der Waals surface area contributed by atoms with Crippen LogP contribution in [0.3, 0.4) is 0 Å². The van der Waals surface area contributed by atoms with E-state index in [1.165, 1.54) is 0 Å². The molecule has 2 aromatic rings. The number of hydrogen-bond donors (Lipinski definition) is 1. The Morgan fingerprint density at radius 2 is 1.84 bits per heavy atom. The van der Waals surface area contributed by atoms with Crippen molar-refractivity contribution in [3.05, 3.63) is 58.6 Å². The van der Waals surface area contributed by atoms with Crippen LogP contribution in [0.5, 0.6) is 11.5 Å². The van der Waals surface area contributed by atoms with Gasteiger partial charge in [0.15, 0.2) is 11.5 Å². The molecular weight excluding hydrogens is 306 g/mol. The van der Waals surface area contributed by atoms with Gasteiger partial charge in [-0.15, -0.1) is 0 Å². The lowest BCUT2D eigenvalue weighted by Gasteiger charge is -2.19. The molecule has 0 radical (unpaired) electrons. The van der Waals surface area contributed by atoms with Crippen molar-refractivity contribution in [1.29, 1.82) is 0 Å². The Balaban J connectivity index is 2.24. The maximum Gasteiger partial charge on any atom is 0.162 e. The second kappa shape index (κ2) is 6.59. The van der Waals surface area contributed by atoms with Gasteiger partial charge in [-0.05, 0) is 29.8 Å². The highest BCUT2D eigenvalue weighted by molar-refractivity contribution is 9.10. The van der Waals surface area contributed by atoms with Crippen LogP contribution in [0.25, 0.3) is 0 Å². The lowest BCUT2D eigenvalue weighted by molar-refractivity contribution is 0.204. The lowest BCUT2D eigenvalue weighted by atomic mass is 10.1. The summed E-state index contributed by atoms with van der Waals surface area (Å²) in [5, 5.41) is 0. The van der Waals surface area contributed by atoms with Gasteiger partial charge in [-0.2, -0.15) is 0 Å². The minimum atomic E-state index is -0.200. The van der Waals surface area contributed by atoms with Crippen LogP contribution in [0.1, 0.15) is 11.7 Å². The number of hydrogen-bond acceptors (Lipinski definition) is 3. The smallest absolute Gasteiger partial charge is 0.162 e. The molecule has 19 heavy (non-hydrogen) atoms. The quantitative estimate of drug-likeness (QED) is 0.916. The first-order valence-corrected chi connectivity index (χ1v) is 6.79. The second-order valence-corrected chi connectivity index (χ2v) is 4.96. The molecule has 0 aliphatic heterocycles. The third-order valence-electron chi connectivity index (χ3n) is 2.77. The summed E-state index contributed by atoms with van der Waals surface area (Å²) in [5.74, 6) is 1.40. The zero-order valence-electron chi connectivity index (χ0n) is 10.7. The molecule has 3 nitrogen and oxygen atoms in total. The number of ether oxygens (including phenoxy) is 2. The molecule has 0 bridgehead atoms. The Morgan fingerprint density at radius 1 is 1.11 bits per heavy atom. The minimum Gasteiger partial charge on any atom is -0.493 e. The average Bonchev–Trinajstić information content (AvgIpc) is 2.45. The van der Waals surface area contributed by atoms with Crippen molar-refractivity contribution in [3.63, 3.8) is 0 Å². The Hall–Kier alpha value is -1.52. The van der Waals surface area contributed by atoms with E-state index in [2.05, 4.69) is 15.9 Å². The van der Waals surface area contributed by atoms with E-state index >= 15 is 0 Å². The van der Waals surface area contributed by atoms with Crippen LogP contribution in [-0.4, -0.2) is 13.7 Å². The van der Waals surface area contributed by atoms with E-state index in [4.69, 9.17) is 15.2 Å². The molecule has 0 saturated heterocycles. The number of nitrogens with two attached hydrogens (primary N) is 1. The molecule has 0 spiro atoms. The predicted molar refractivity (Wildman–Crippen MR) is 79.6 cm³/mol. The van der Waals surface area contributed by atoms with Gasteiger partial charge in [0.05, 0.1) is 7.11 Å². The van der Waals surface area contributed by atoms with Crippen molar-refractivity contribution in [3.8, 4) is 11.5 Å². The molecular formula is C15H16BrNO2. The fourth-order valence-corrected chi connectivity index (χ4v) is 2.25. The third kappa shape index (κ3) is 3.49. The van der Waals surface area contributed by atoms with Crippen molar-refractivity contribution < 1.29 is 9.47 Å². The zero-order valence-corrected chi connectivity index (χ0v) is 12.3. The molecule has 2 N–H and O–H groups in total. The van der Waals surface area contributed by atoms with Crippen LogP contribution in [0.2, 0.25) is 0 Å². The molecule has 1 unspecified atom stereocenters. The lowest BCUT2D eigenvalue weighted by Crippen LogP contribution is -2.18. The second-order valence-electron chi connectivity index (χ2n) is 4.05. The number of halogens is 1.